The summed E-state index contributed by atoms with van der Waals surface area (Å²) in [5, 5.41) is 2.14. The van der Waals surface area contributed by atoms with E-state index in [0.29, 0.717) is 0 Å². The second-order valence-corrected chi connectivity index (χ2v) is 30.9. The Morgan fingerprint density at radius 1 is 0.647 bits per heavy atom. The van der Waals surface area contributed by atoms with Gasteiger partial charge in [0.2, 0.25) is 0 Å². The average molecular weight is 1130 g/mol. The molecule has 10 aromatic rings. The van der Waals surface area contributed by atoms with Gasteiger partial charge in [-0.15, -0.1) is 23.8 Å². The van der Waals surface area contributed by atoms with Gasteiger partial charge in [0.25, 0.3) is 0 Å². The first-order valence-electron chi connectivity index (χ1n) is 24.1. The molecule has 7 aromatic carbocycles. The predicted molar refractivity (Wildman–Crippen MR) is 284 cm³/mol. The normalized spacial score (nSPS) is 13.3. The number of nitrogens with zero attached hydrogens (tertiary/aromatic N) is 3. The van der Waals surface area contributed by atoms with Crippen molar-refractivity contribution in [2.45, 2.75) is 82.0 Å². The molecular weight excluding hydrogens is 1070 g/mol. The van der Waals surface area contributed by atoms with E-state index in [1.165, 1.54) is 60.8 Å². The van der Waals surface area contributed by atoms with E-state index in [2.05, 4.69) is 194 Å². The maximum atomic E-state index is 6.27. The third-order valence-corrected chi connectivity index (χ3v) is 17.8. The van der Waals surface area contributed by atoms with Crippen molar-refractivity contribution in [1.82, 2.24) is 14.5 Å². The van der Waals surface area contributed by atoms with Gasteiger partial charge in [-0.1, -0.05) is 111 Å². The van der Waals surface area contributed by atoms with E-state index >= 15 is 0 Å². The van der Waals surface area contributed by atoms with Crippen LogP contribution < -0.4 is 4.40 Å². The van der Waals surface area contributed by atoms with Gasteiger partial charge in [0.1, 0.15) is 5.58 Å². The Morgan fingerprint density at radius 2 is 1.31 bits per heavy atom. The molecule has 68 heavy (non-hydrogen) atoms. The summed E-state index contributed by atoms with van der Waals surface area (Å²) < 4.78 is 10.2. The van der Waals surface area contributed by atoms with Crippen LogP contribution in [0.15, 0.2) is 174 Å². The maximum absolute atomic E-state index is 6.27. The van der Waals surface area contributed by atoms with Crippen molar-refractivity contribution >= 4 is 50.6 Å². The van der Waals surface area contributed by atoms with Crippen molar-refractivity contribution in [1.29, 1.82) is 0 Å². The van der Waals surface area contributed by atoms with Crippen LogP contribution >= 0.6 is 0 Å². The number of pyridine rings is 1. The van der Waals surface area contributed by atoms with Crippen molar-refractivity contribution in [3.05, 3.63) is 193 Å². The van der Waals surface area contributed by atoms with E-state index in [1.807, 2.05) is 30.3 Å². The minimum Gasteiger partial charge on any atom is 0 e. The van der Waals surface area contributed by atoms with Gasteiger partial charge in [-0.3, -0.25) is 4.98 Å². The number of imidazole rings is 1. The number of para-hydroxylation sites is 2. The molecule has 0 N–H and O–H groups in total. The molecule has 6 heteroatoms. The van der Waals surface area contributed by atoms with Gasteiger partial charge >= 0.3 is 144 Å². The topological polar surface area (TPSA) is 43.9 Å². The Bertz CT molecular complexity index is 3320. The molecule has 0 unspecified atom stereocenters. The summed E-state index contributed by atoms with van der Waals surface area (Å²) in [6.45, 7) is 6.83. The van der Waals surface area contributed by atoms with Gasteiger partial charge in [-0.25, -0.2) is 0 Å². The average Bonchev–Trinajstić information content (AvgIpc) is 3.93. The molecule has 0 amide bonds. The molecule has 11 rings (SSSR count). The standard InChI is InChI=1S/C41H31N2O.C21H28GeN.Ir/c1-41(2,3)34-26-30(28-14-8-5-9-15-28)18-21-36(34)43-37-17-11-10-16-35(37)42-40(43)31-20-23-39-33(25-31)32-24-29(19-22-38(32)44-39)27-12-6-4-7-13-27;1-22(2,3)20-16-23-21(18-12-8-5-9-13-18)15-19(20)14-17-10-6-4-7-11-17;/h4-19,21-26H,1-3H3;5,8-9,12,15-17H,4,6-7,10-11,14H2,1-3H3;/q2*-1;. The molecule has 0 saturated heterocycles. The fraction of sp³-hybridized carbons (Fsp3) is 0.226. The fourth-order valence-electron chi connectivity index (χ4n) is 10.00. The van der Waals surface area contributed by atoms with Crippen LogP contribution in [0.4, 0.5) is 0 Å². The third kappa shape index (κ3) is 9.99. The number of rotatable bonds is 8. The molecule has 1 radical (unpaired) electrons. The number of furan rings is 1. The molecule has 1 saturated carbocycles. The number of fused-ring (bicyclic) bond motifs is 4. The molecule has 0 bridgehead atoms. The molecular formula is C62H59GeIrN3O-2. The summed E-state index contributed by atoms with van der Waals surface area (Å²) in [6.07, 6.45) is 10.5. The summed E-state index contributed by atoms with van der Waals surface area (Å²) >= 11 is -1.89. The number of benzene rings is 7. The monoisotopic (exact) mass is 1130 g/mol. The second-order valence-electron chi connectivity index (χ2n) is 20.4. The summed E-state index contributed by atoms with van der Waals surface area (Å²) in [7, 11) is 0. The van der Waals surface area contributed by atoms with Crippen molar-refractivity contribution < 1.29 is 24.5 Å². The van der Waals surface area contributed by atoms with Crippen LogP contribution in [0.2, 0.25) is 17.3 Å². The van der Waals surface area contributed by atoms with Crippen LogP contribution in [0.25, 0.3) is 83.6 Å². The summed E-state index contributed by atoms with van der Waals surface area (Å²) in [4.78, 5) is 9.99. The van der Waals surface area contributed by atoms with Crippen LogP contribution in [0.3, 0.4) is 0 Å². The molecule has 4 nitrogen and oxygen atoms in total. The van der Waals surface area contributed by atoms with E-state index in [0.717, 1.165) is 72.8 Å². The zero-order valence-electron chi connectivity index (χ0n) is 40.1. The smallest absolute Gasteiger partial charge is 0 e. The molecule has 3 heterocycles. The Hall–Kier alpha value is -5.85. The van der Waals surface area contributed by atoms with Crippen LogP contribution in [0.1, 0.15) is 64.0 Å². The first kappa shape index (κ1) is 47.2. The largest absolute Gasteiger partial charge is 0 e. The van der Waals surface area contributed by atoms with Crippen LogP contribution in [-0.4, -0.2) is 27.8 Å². The number of hydrogen-bond acceptors (Lipinski definition) is 3. The molecule has 3 aromatic heterocycles. The van der Waals surface area contributed by atoms with E-state index in [-0.39, 0.29) is 25.5 Å². The first-order chi connectivity index (χ1) is 32.5. The van der Waals surface area contributed by atoms with Crippen LogP contribution in [0.5, 0.6) is 0 Å². The van der Waals surface area contributed by atoms with Crippen molar-refractivity contribution in [3.8, 4) is 50.6 Å². The SMILES string of the molecule is CC(C)(C)c1cc(-c2ccccc2)ccc1-n1c(-c2[c-]cc3oc4ccc(-c5ccccc5)cc4c3c2)nc2ccccc21.[CH3][Ge]([CH3])([CH3])[c]1cnc(-c2[c-]cccc2)cc1CC1CCCCC1.[Ir]. The molecule has 0 atom stereocenters. The van der Waals surface area contributed by atoms with E-state index in [4.69, 9.17) is 14.4 Å². The minimum absolute atomic E-state index is 0. The summed E-state index contributed by atoms with van der Waals surface area (Å²) in [6, 6.07) is 64.2. The molecule has 1 aliphatic carbocycles. The first-order valence-corrected chi connectivity index (χ1v) is 31.4. The molecule has 0 spiro atoms. The minimum atomic E-state index is -1.89. The van der Waals surface area contributed by atoms with E-state index in [1.54, 1.807) is 9.96 Å². The number of hydrogen-bond donors (Lipinski definition) is 0. The predicted octanol–water partition coefficient (Wildman–Crippen LogP) is 16.2. The Labute approximate surface area is 418 Å². The number of aromatic nitrogens is 3. The second kappa shape index (κ2) is 20.0. The zero-order valence-corrected chi connectivity index (χ0v) is 44.6. The Morgan fingerprint density at radius 3 is 2.00 bits per heavy atom. The van der Waals surface area contributed by atoms with Crippen molar-refractivity contribution in [3.63, 3.8) is 0 Å². The van der Waals surface area contributed by atoms with Gasteiger partial charge < -0.3 is 8.98 Å². The molecule has 1 fully saturated rings. The third-order valence-electron chi connectivity index (χ3n) is 13.5. The van der Waals surface area contributed by atoms with Gasteiger partial charge in [0.15, 0.2) is 0 Å². The van der Waals surface area contributed by atoms with E-state index in [9.17, 15) is 0 Å². The molecule has 0 aliphatic heterocycles. The summed E-state index contributed by atoms with van der Waals surface area (Å²) in [5.41, 5.74) is 15.4. The zero-order chi connectivity index (χ0) is 46.1. The molecule has 1 aliphatic rings. The van der Waals surface area contributed by atoms with Crippen LogP contribution in [0, 0.1) is 18.1 Å². The maximum Gasteiger partial charge on any atom is 0 e. The fourth-order valence-corrected chi connectivity index (χ4v) is 13.3. The quantitative estimate of drug-likeness (QED) is 0.112. The summed E-state index contributed by atoms with van der Waals surface area (Å²) in [5.74, 6) is 9.18. The van der Waals surface area contributed by atoms with Crippen molar-refractivity contribution in [2.75, 3.05) is 0 Å². The van der Waals surface area contributed by atoms with Gasteiger partial charge in [0.05, 0.1) is 22.4 Å². The Kier molecular flexibility index (Phi) is 13.9. The van der Waals surface area contributed by atoms with Crippen molar-refractivity contribution in [2.24, 2.45) is 5.92 Å². The van der Waals surface area contributed by atoms with Gasteiger partial charge in [0, 0.05) is 31.2 Å². The Balaban J connectivity index is 0.000000204. The van der Waals surface area contributed by atoms with Crippen LogP contribution in [-0.2, 0) is 31.9 Å². The van der Waals surface area contributed by atoms with Gasteiger partial charge in [-0.05, 0) is 69.6 Å². The van der Waals surface area contributed by atoms with Gasteiger partial charge in [-0.2, -0.15) is 0 Å². The van der Waals surface area contributed by atoms with E-state index < -0.39 is 13.3 Å². The molecule has 343 valence electrons.